The van der Waals surface area contributed by atoms with Crippen LogP contribution in [0.15, 0.2) is 82.2 Å². The van der Waals surface area contributed by atoms with Crippen molar-refractivity contribution in [2.75, 3.05) is 0 Å². The van der Waals surface area contributed by atoms with Gasteiger partial charge in [-0.05, 0) is 103 Å². The Hall–Kier alpha value is -2.42. The number of hydrogen-bond donors (Lipinski definition) is 0. The molecule has 2 aromatic heterocycles. The normalized spacial score (nSPS) is 16.0. The Labute approximate surface area is 167 Å². The Morgan fingerprint density at radius 3 is 1.56 bits per heavy atom. The van der Waals surface area contributed by atoms with Gasteiger partial charge in [0.1, 0.15) is 0 Å². The maximum Gasteiger partial charge on any atom is 0.0284 e. The van der Waals surface area contributed by atoms with E-state index in [0.717, 1.165) is 12.8 Å². The Kier molecular flexibility index (Phi) is 3.35. The van der Waals surface area contributed by atoms with Crippen molar-refractivity contribution >= 4 is 22.7 Å². The van der Waals surface area contributed by atoms with E-state index in [4.69, 9.17) is 0 Å². The van der Waals surface area contributed by atoms with Gasteiger partial charge >= 0.3 is 0 Å². The van der Waals surface area contributed by atoms with Crippen molar-refractivity contribution in [3.8, 4) is 33.4 Å². The van der Waals surface area contributed by atoms with E-state index in [2.05, 4.69) is 82.2 Å². The van der Waals surface area contributed by atoms with Crippen molar-refractivity contribution in [1.29, 1.82) is 0 Å². The van der Waals surface area contributed by atoms with Crippen LogP contribution in [0.4, 0.5) is 0 Å². The summed E-state index contributed by atoms with van der Waals surface area (Å²) in [6, 6.07) is 18.6. The van der Waals surface area contributed by atoms with Crippen molar-refractivity contribution in [2.24, 2.45) is 0 Å². The fraction of sp³-hybridized carbons (Fsp3) is 0.120. The lowest BCUT2D eigenvalue weighted by molar-refractivity contribution is 0.573. The summed E-state index contributed by atoms with van der Waals surface area (Å²) in [6.45, 7) is 0. The SMILES string of the molecule is C1=CCC2(C1)c1cc(-c3ccsc3)ccc1-c1ccc(-c3ccsc3)cc12. The summed E-state index contributed by atoms with van der Waals surface area (Å²) in [7, 11) is 0. The van der Waals surface area contributed by atoms with Gasteiger partial charge in [-0.2, -0.15) is 22.7 Å². The van der Waals surface area contributed by atoms with Crippen molar-refractivity contribution in [3.63, 3.8) is 0 Å². The van der Waals surface area contributed by atoms with Gasteiger partial charge < -0.3 is 0 Å². The predicted molar refractivity (Wildman–Crippen MR) is 118 cm³/mol. The maximum absolute atomic E-state index is 2.45. The fourth-order valence-corrected chi connectivity index (χ4v) is 6.13. The van der Waals surface area contributed by atoms with E-state index in [1.54, 1.807) is 22.7 Å². The summed E-state index contributed by atoms with van der Waals surface area (Å²) >= 11 is 3.54. The summed E-state index contributed by atoms with van der Waals surface area (Å²) in [6.07, 6.45) is 6.95. The second-order valence-corrected chi connectivity index (χ2v) is 9.07. The molecule has 0 aliphatic heterocycles. The van der Waals surface area contributed by atoms with E-state index < -0.39 is 0 Å². The summed E-state index contributed by atoms with van der Waals surface area (Å²) < 4.78 is 0. The number of benzene rings is 2. The van der Waals surface area contributed by atoms with Crippen molar-refractivity contribution < 1.29 is 0 Å². The molecule has 0 atom stereocenters. The van der Waals surface area contributed by atoms with E-state index in [1.165, 1.54) is 44.5 Å². The molecular formula is C25H18S2. The van der Waals surface area contributed by atoms with Gasteiger partial charge in [-0.25, -0.2) is 0 Å². The number of rotatable bonds is 2. The zero-order valence-corrected chi connectivity index (χ0v) is 16.4. The highest BCUT2D eigenvalue weighted by molar-refractivity contribution is 7.08. The largest absolute Gasteiger partial charge is 0.152 e. The monoisotopic (exact) mass is 382 g/mol. The molecule has 0 fully saturated rings. The molecule has 0 saturated carbocycles. The van der Waals surface area contributed by atoms with Gasteiger partial charge in [-0.3, -0.25) is 0 Å². The first-order chi connectivity index (χ1) is 13.4. The average molecular weight is 383 g/mol. The Bertz CT molecular complexity index is 1070. The lowest BCUT2D eigenvalue weighted by Gasteiger charge is -2.27. The summed E-state index contributed by atoms with van der Waals surface area (Å²) in [5.74, 6) is 0. The highest BCUT2D eigenvalue weighted by Crippen LogP contribution is 2.56. The van der Waals surface area contributed by atoms with Crippen LogP contribution in [0.2, 0.25) is 0 Å². The van der Waals surface area contributed by atoms with Crippen LogP contribution in [0.25, 0.3) is 33.4 Å². The van der Waals surface area contributed by atoms with Crippen LogP contribution in [0.5, 0.6) is 0 Å². The van der Waals surface area contributed by atoms with E-state index >= 15 is 0 Å². The summed E-state index contributed by atoms with van der Waals surface area (Å²) in [5.41, 5.74) is 11.3. The standard InChI is InChI=1S/C25H18S2/c1-2-10-25(9-1)23-13-17(19-7-11-26-15-19)3-5-21(23)22-6-4-18(14-24(22)25)20-8-12-27-16-20/h1-8,11-16H,9-10H2. The minimum absolute atomic E-state index is 0.114. The van der Waals surface area contributed by atoms with Crippen LogP contribution in [0.3, 0.4) is 0 Å². The molecule has 2 heterocycles. The molecule has 4 aromatic rings. The molecule has 0 bridgehead atoms. The summed E-state index contributed by atoms with van der Waals surface area (Å²) in [5, 5.41) is 8.82. The van der Waals surface area contributed by atoms with Crippen LogP contribution in [-0.4, -0.2) is 0 Å². The molecule has 0 nitrogen and oxygen atoms in total. The minimum atomic E-state index is 0.114. The molecule has 6 rings (SSSR count). The van der Waals surface area contributed by atoms with Gasteiger partial charge in [0.2, 0.25) is 0 Å². The van der Waals surface area contributed by atoms with E-state index in [-0.39, 0.29) is 5.41 Å². The molecule has 0 saturated heterocycles. The van der Waals surface area contributed by atoms with E-state index in [1.807, 2.05) is 0 Å². The van der Waals surface area contributed by atoms with Crippen LogP contribution in [-0.2, 0) is 5.41 Å². The van der Waals surface area contributed by atoms with Crippen LogP contribution < -0.4 is 0 Å². The smallest absolute Gasteiger partial charge is 0.0284 e. The second-order valence-electron chi connectivity index (χ2n) is 7.51. The van der Waals surface area contributed by atoms with Gasteiger partial charge in [0.05, 0.1) is 0 Å². The minimum Gasteiger partial charge on any atom is -0.152 e. The van der Waals surface area contributed by atoms with Crippen molar-refractivity contribution in [2.45, 2.75) is 18.3 Å². The quantitative estimate of drug-likeness (QED) is 0.311. The molecule has 2 aromatic carbocycles. The van der Waals surface area contributed by atoms with Crippen LogP contribution in [0.1, 0.15) is 24.0 Å². The third kappa shape index (κ3) is 2.20. The van der Waals surface area contributed by atoms with Crippen LogP contribution in [0, 0.1) is 0 Å². The highest BCUT2D eigenvalue weighted by Gasteiger charge is 2.43. The van der Waals surface area contributed by atoms with Gasteiger partial charge in [0.25, 0.3) is 0 Å². The molecule has 1 spiro atoms. The molecule has 2 aliphatic rings. The van der Waals surface area contributed by atoms with Gasteiger partial charge in [-0.15, -0.1) is 0 Å². The molecule has 27 heavy (non-hydrogen) atoms. The molecular weight excluding hydrogens is 364 g/mol. The van der Waals surface area contributed by atoms with E-state index in [9.17, 15) is 0 Å². The molecule has 0 N–H and O–H groups in total. The summed E-state index contributed by atoms with van der Waals surface area (Å²) in [4.78, 5) is 0. The Balaban J connectivity index is 1.57. The Morgan fingerprint density at radius 1 is 0.593 bits per heavy atom. The third-order valence-electron chi connectivity index (χ3n) is 6.17. The predicted octanol–water partition coefficient (Wildman–Crippen LogP) is 7.76. The average Bonchev–Trinajstić information content (AvgIpc) is 3.52. The molecule has 130 valence electrons. The molecule has 0 unspecified atom stereocenters. The van der Waals surface area contributed by atoms with Crippen LogP contribution >= 0.6 is 22.7 Å². The first kappa shape index (κ1) is 15.6. The molecule has 2 aliphatic carbocycles. The number of allylic oxidation sites excluding steroid dienone is 2. The lowest BCUT2D eigenvalue weighted by atomic mass is 9.75. The third-order valence-corrected chi connectivity index (χ3v) is 7.54. The first-order valence-electron chi connectivity index (χ1n) is 9.35. The molecule has 0 amide bonds. The zero-order chi connectivity index (χ0) is 17.8. The van der Waals surface area contributed by atoms with E-state index in [0.29, 0.717) is 0 Å². The fourth-order valence-electron chi connectivity index (χ4n) is 4.80. The van der Waals surface area contributed by atoms with Crippen molar-refractivity contribution in [3.05, 3.63) is 93.3 Å². The zero-order valence-electron chi connectivity index (χ0n) is 14.8. The van der Waals surface area contributed by atoms with Gasteiger partial charge in [0.15, 0.2) is 0 Å². The van der Waals surface area contributed by atoms with Crippen molar-refractivity contribution in [1.82, 2.24) is 0 Å². The number of hydrogen-bond acceptors (Lipinski definition) is 2. The second kappa shape index (κ2) is 5.79. The first-order valence-corrected chi connectivity index (χ1v) is 11.2. The van der Waals surface area contributed by atoms with Gasteiger partial charge in [-0.1, -0.05) is 36.4 Å². The Morgan fingerprint density at radius 2 is 1.11 bits per heavy atom. The molecule has 2 heteroatoms. The molecule has 0 radical (unpaired) electrons. The van der Waals surface area contributed by atoms with Gasteiger partial charge in [0, 0.05) is 5.41 Å². The topological polar surface area (TPSA) is 0 Å². The maximum atomic E-state index is 2.45. The number of fused-ring (bicyclic) bond motifs is 5. The lowest BCUT2D eigenvalue weighted by Crippen LogP contribution is -2.21. The highest BCUT2D eigenvalue weighted by atomic mass is 32.1. The number of thiophene rings is 2.